The van der Waals surface area contributed by atoms with E-state index in [-0.39, 0.29) is 5.82 Å². The van der Waals surface area contributed by atoms with Crippen LogP contribution in [-0.4, -0.2) is 24.6 Å². The summed E-state index contributed by atoms with van der Waals surface area (Å²) >= 11 is 0. The Morgan fingerprint density at radius 1 is 1.67 bits per heavy atom. The molecule has 0 unspecified atom stereocenters. The first-order valence-electron chi connectivity index (χ1n) is 4.40. The van der Waals surface area contributed by atoms with Crippen LogP contribution < -0.4 is 15.9 Å². The summed E-state index contributed by atoms with van der Waals surface area (Å²) in [5.74, 6) is 0.831. The Morgan fingerprint density at radius 2 is 2.40 bits per heavy atom. The van der Waals surface area contributed by atoms with Crippen molar-refractivity contribution in [3.63, 3.8) is 0 Å². The van der Waals surface area contributed by atoms with Crippen molar-refractivity contribution in [1.82, 2.24) is 9.61 Å². The third-order valence-corrected chi connectivity index (χ3v) is 2.19. The third kappa shape index (κ3) is 1.29. The summed E-state index contributed by atoms with van der Waals surface area (Å²) in [6.07, 6.45) is 1.80. The van der Waals surface area contributed by atoms with Gasteiger partial charge in [0.25, 0.3) is 0 Å². The van der Waals surface area contributed by atoms with Gasteiger partial charge in [0.1, 0.15) is 30.7 Å². The van der Waals surface area contributed by atoms with Crippen LogP contribution >= 0.6 is 0 Å². The van der Waals surface area contributed by atoms with Crippen molar-refractivity contribution in [3.8, 4) is 11.8 Å². The number of nitriles is 1. The number of nitrogen functional groups attached to an aromatic ring is 1. The predicted molar refractivity (Wildman–Crippen MR) is 59.0 cm³/mol. The van der Waals surface area contributed by atoms with Gasteiger partial charge in [-0.1, -0.05) is 5.46 Å². The van der Waals surface area contributed by atoms with Crippen LogP contribution in [0, 0.1) is 11.3 Å². The lowest BCUT2D eigenvalue weighted by Gasteiger charge is -2.04. The lowest BCUT2D eigenvalue weighted by Crippen LogP contribution is -2.07. The fraction of sp³-hybridized carbons (Fsp3) is 0.111. The standard InChI is InChI=1S/C9H9BN4O/c1-15-7-2-5(10)4-14-8(7)6(3-11)9(12)13-14/h2,4H,10H2,1H3,(H2,12,13). The second-order valence-electron chi connectivity index (χ2n) is 3.25. The highest BCUT2D eigenvalue weighted by Crippen LogP contribution is 2.24. The van der Waals surface area contributed by atoms with Gasteiger partial charge in [0.05, 0.1) is 7.11 Å². The lowest BCUT2D eigenvalue weighted by molar-refractivity contribution is 0.418. The molecule has 2 aromatic heterocycles. The second-order valence-corrected chi connectivity index (χ2v) is 3.25. The minimum Gasteiger partial charge on any atom is -0.494 e. The zero-order chi connectivity index (χ0) is 11.0. The van der Waals surface area contributed by atoms with Gasteiger partial charge >= 0.3 is 0 Å². The molecule has 0 fully saturated rings. The Hall–Kier alpha value is -2.16. The minimum absolute atomic E-state index is 0.224. The number of nitrogens with two attached hydrogens (primary N) is 1. The number of methoxy groups -OCH3 is 1. The van der Waals surface area contributed by atoms with E-state index in [1.54, 1.807) is 17.8 Å². The zero-order valence-corrected chi connectivity index (χ0v) is 8.48. The van der Waals surface area contributed by atoms with Crippen LogP contribution in [-0.2, 0) is 0 Å². The van der Waals surface area contributed by atoms with Gasteiger partial charge in [0, 0.05) is 6.20 Å². The highest BCUT2D eigenvalue weighted by Gasteiger charge is 2.14. The molecule has 0 bridgehead atoms. The van der Waals surface area contributed by atoms with Crippen LogP contribution in [0.2, 0.25) is 0 Å². The van der Waals surface area contributed by atoms with E-state index < -0.39 is 0 Å². The van der Waals surface area contributed by atoms with Crippen molar-refractivity contribution >= 4 is 24.6 Å². The fourth-order valence-corrected chi connectivity index (χ4v) is 1.55. The molecular formula is C9H9BN4O. The maximum Gasteiger partial charge on any atom is 0.164 e. The lowest BCUT2D eigenvalue weighted by atomic mass is 9.98. The third-order valence-electron chi connectivity index (χ3n) is 2.19. The molecule has 2 N–H and O–H groups in total. The fourth-order valence-electron chi connectivity index (χ4n) is 1.55. The van der Waals surface area contributed by atoms with Crippen LogP contribution in [0.1, 0.15) is 5.56 Å². The van der Waals surface area contributed by atoms with Crippen molar-refractivity contribution in [2.45, 2.75) is 0 Å². The number of aromatic nitrogens is 2. The Kier molecular flexibility index (Phi) is 2.01. The molecule has 6 heteroatoms. The number of hydrogen-bond donors (Lipinski definition) is 1. The summed E-state index contributed by atoms with van der Waals surface area (Å²) in [6.45, 7) is 0. The molecule has 15 heavy (non-hydrogen) atoms. The molecule has 5 nitrogen and oxygen atoms in total. The number of pyridine rings is 1. The minimum atomic E-state index is 0.224. The number of hydrogen-bond acceptors (Lipinski definition) is 4. The van der Waals surface area contributed by atoms with Gasteiger partial charge in [-0.2, -0.15) is 5.26 Å². The normalized spacial score (nSPS) is 10.1. The molecule has 74 valence electrons. The van der Waals surface area contributed by atoms with E-state index in [1.807, 2.05) is 20.0 Å². The van der Waals surface area contributed by atoms with Crippen molar-refractivity contribution in [2.75, 3.05) is 12.8 Å². The van der Waals surface area contributed by atoms with Crippen LogP contribution in [0.3, 0.4) is 0 Å². The molecule has 0 aliphatic carbocycles. The van der Waals surface area contributed by atoms with E-state index in [9.17, 15) is 0 Å². The van der Waals surface area contributed by atoms with Gasteiger partial charge in [0.2, 0.25) is 0 Å². The summed E-state index contributed by atoms with van der Waals surface area (Å²) in [7, 11) is 3.48. The van der Waals surface area contributed by atoms with Gasteiger partial charge in [-0.05, 0) is 6.07 Å². The molecule has 2 heterocycles. The summed E-state index contributed by atoms with van der Waals surface area (Å²) < 4.78 is 6.77. The van der Waals surface area contributed by atoms with Gasteiger partial charge in [-0.3, -0.25) is 0 Å². The van der Waals surface area contributed by atoms with Crippen molar-refractivity contribution in [2.24, 2.45) is 0 Å². The molecule has 0 saturated carbocycles. The van der Waals surface area contributed by atoms with E-state index in [0.717, 1.165) is 5.46 Å². The van der Waals surface area contributed by atoms with Crippen LogP contribution in [0.25, 0.3) is 5.52 Å². The second kappa shape index (κ2) is 3.21. The topological polar surface area (TPSA) is 76.3 Å². The Balaban J connectivity index is 2.93. The monoisotopic (exact) mass is 200 g/mol. The van der Waals surface area contributed by atoms with Gasteiger partial charge in [0.15, 0.2) is 5.82 Å². The quantitative estimate of drug-likeness (QED) is 0.602. The van der Waals surface area contributed by atoms with E-state index in [0.29, 0.717) is 16.8 Å². The Bertz CT molecular complexity index is 569. The number of nitrogens with zero attached hydrogens (tertiary/aromatic N) is 3. The maximum absolute atomic E-state index is 8.96. The molecule has 0 radical (unpaired) electrons. The van der Waals surface area contributed by atoms with Crippen molar-refractivity contribution < 1.29 is 4.74 Å². The smallest absolute Gasteiger partial charge is 0.164 e. The van der Waals surface area contributed by atoms with E-state index >= 15 is 0 Å². The van der Waals surface area contributed by atoms with Gasteiger partial charge in [-0.25, -0.2) is 4.52 Å². The van der Waals surface area contributed by atoms with Crippen molar-refractivity contribution in [1.29, 1.82) is 5.26 Å². The molecule has 0 amide bonds. The van der Waals surface area contributed by atoms with E-state index in [4.69, 9.17) is 15.7 Å². The number of anilines is 1. The molecular weight excluding hydrogens is 191 g/mol. The average molecular weight is 200 g/mol. The SMILES string of the molecule is Bc1cc(OC)c2c(C#N)c(N)nn2c1. The van der Waals surface area contributed by atoms with Crippen LogP contribution in [0.4, 0.5) is 5.82 Å². The van der Waals surface area contributed by atoms with Crippen molar-refractivity contribution in [3.05, 3.63) is 17.8 Å². The zero-order valence-electron chi connectivity index (χ0n) is 8.48. The van der Waals surface area contributed by atoms with Crippen LogP contribution in [0.5, 0.6) is 5.75 Å². The molecule has 2 aromatic rings. The Labute approximate surface area is 87.5 Å². The van der Waals surface area contributed by atoms with E-state index in [2.05, 4.69) is 5.10 Å². The summed E-state index contributed by atoms with van der Waals surface area (Å²) in [5.41, 5.74) is 7.59. The number of rotatable bonds is 1. The average Bonchev–Trinajstić information content (AvgIpc) is 2.52. The van der Waals surface area contributed by atoms with Crippen LogP contribution in [0.15, 0.2) is 12.3 Å². The highest BCUT2D eigenvalue weighted by atomic mass is 16.5. The molecule has 2 rings (SSSR count). The molecule has 0 atom stereocenters. The largest absolute Gasteiger partial charge is 0.494 e. The summed E-state index contributed by atoms with van der Waals surface area (Å²) in [6, 6.07) is 3.87. The van der Waals surface area contributed by atoms with Gasteiger partial charge < -0.3 is 10.5 Å². The van der Waals surface area contributed by atoms with E-state index in [1.165, 1.54) is 0 Å². The molecule has 0 aliphatic rings. The first-order valence-corrected chi connectivity index (χ1v) is 4.40. The maximum atomic E-state index is 8.96. The molecule has 0 aliphatic heterocycles. The first-order chi connectivity index (χ1) is 7.17. The number of fused-ring (bicyclic) bond motifs is 1. The molecule has 0 saturated heterocycles. The van der Waals surface area contributed by atoms with Gasteiger partial charge in [-0.15, -0.1) is 5.10 Å². The molecule has 0 aromatic carbocycles. The first kappa shape index (κ1) is 9.40. The summed E-state index contributed by atoms with van der Waals surface area (Å²) in [4.78, 5) is 0. The predicted octanol–water partition coefficient (Wildman–Crippen LogP) is -0.945. The summed E-state index contributed by atoms with van der Waals surface area (Å²) in [5, 5.41) is 13.0. The number of ether oxygens (including phenoxy) is 1. The molecule has 0 spiro atoms. The Morgan fingerprint density at radius 3 is 3.00 bits per heavy atom. The highest BCUT2D eigenvalue weighted by molar-refractivity contribution is 6.32.